The fourth-order valence-corrected chi connectivity index (χ4v) is 2.59. The lowest BCUT2D eigenvalue weighted by Gasteiger charge is -2.27. The first kappa shape index (κ1) is 14.9. The van der Waals surface area contributed by atoms with Crippen LogP contribution in [-0.2, 0) is 4.79 Å². The number of hydrogen-bond acceptors (Lipinski definition) is 3. The number of anilines is 1. The van der Waals surface area contributed by atoms with E-state index in [4.69, 9.17) is 0 Å². The third kappa shape index (κ3) is 4.23. The maximum Gasteiger partial charge on any atom is 0.237 e. The Bertz CT molecular complexity index is 421. The number of para-hydroxylation sites is 1. The Labute approximate surface area is 121 Å². The molecule has 2 atom stereocenters. The average Bonchev–Trinajstić information content (AvgIpc) is 2.48. The summed E-state index contributed by atoms with van der Waals surface area (Å²) in [6, 6.07) is 10.2. The molecule has 1 aromatic carbocycles. The second-order valence-corrected chi connectivity index (χ2v) is 5.68. The van der Waals surface area contributed by atoms with E-state index in [1.165, 1.54) is 12.1 Å². The molecule has 0 aromatic heterocycles. The zero-order valence-corrected chi connectivity index (χ0v) is 12.4. The van der Waals surface area contributed by atoms with E-state index < -0.39 is 0 Å². The molecule has 1 amide bonds. The van der Waals surface area contributed by atoms with Gasteiger partial charge in [-0.2, -0.15) is 0 Å². The number of amides is 1. The van der Waals surface area contributed by atoms with Crippen molar-refractivity contribution in [1.29, 1.82) is 0 Å². The topological polar surface area (TPSA) is 44.4 Å². The molecular formula is C16H25N3O. The number of hydrogen-bond donors (Lipinski definition) is 2. The minimum Gasteiger partial charge on any atom is -0.373 e. The fourth-order valence-electron chi connectivity index (χ4n) is 2.59. The lowest BCUT2D eigenvalue weighted by molar-refractivity contribution is -0.123. The Kier molecular flexibility index (Phi) is 5.41. The Morgan fingerprint density at radius 3 is 2.85 bits per heavy atom. The number of nitrogens with one attached hydrogen (secondary N) is 2. The van der Waals surface area contributed by atoms with Gasteiger partial charge in [-0.1, -0.05) is 25.1 Å². The lowest BCUT2D eigenvalue weighted by Crippen LogP contribution is -2.49. The molecule has 0 spiro atoms. The quantitative estimate of drug-likeness (QED) is 0.858. The van der Waals surface area contributed by atoms with Crippen LogP contribution in [0, 0.1) is 5.92 Å². The fraction of sp³-hybridized carbons (Fsp3) is 0.562. The summed E-state index contributed by atoms with van der Waals surface area (Å²) in [4.78, 5) is 14.2. The van der Waals surface area contributed by atoms with Gasteiger partial charge in [0, 0.05) is 25.8 Å². The van der Waals surface area contributed by atoms with E-state index in [-0.39, 0.29) is 11.9 Å². The van der Waals surface area contributed by atoms with Gasteiger partial charge in [0.2, 0.25) is 5.91 Å². The second-order valence-electron chi connectivity index (χ2n) is 5.68. The SMILES string of the molecule is CC1CCNC(C(=O)NCCN(C)c2ccccc2)C1. The molecule has 4 heteroatoms. The molecule has 0 saturated carbocycles. The normalized spacial score (nSPS) is 22.3. The van der Waals surface area contributed by atoms with Crippen LogP contribution >= 0.6 is 0 Å². The molecule has 110 valence electrons. The molecule has 0 bridgehead atoms. The third-order valence-electron chi connectivity index (χ3n) is 3.93. The number of nitrogens with zero attached hydrogens (tertiary/aromatic N) is 1. The Morgan fingerprint density at radius 1 is 1.40 bits per heavy atom. The summed E-state index contributed by atoms with van der Waals surface area (Å²) in [6.45, 7) is 4.66. The number of piperidine rings is 1. The first-order chi connectivity index (χ1) is 9.66. The standard InChI is InChI=1S/C16H25N3O/c1-13-8-9-17-15(12-13)16(20)18-10-11-19(2)14-6-4-3-5-7-14/h3-7,13,15,17H,8-12H2,1-2H3,(H,18,20). The minimum atomic E-state index is -0.0132. The average molecular weight is 275 g/mol. The molecule has 0 aliphatic carbocycles. The van der Waals surface area contributed by atoms with E-state index in [1.54, 1.807) is 0 Å². The van der Waals surface area contributed by atoms with E-state index in [1.807, 2.05) is 25.2 Å². The van der Waals surface area contributed by atoms with Crippen LogP contribution in [0.25, 0.3) is 0 Å². The Hall–Kier alpha value is -1.55. The van der Waals surface area contributed by atoms with Crippen LogP contribution < -0.4 is 15.5 Å². The summed E-state index contributed by atoms with van der Waals surface area (Å²) in [5, 5.41) is 6.32. The van der Waals surface area contributed by atoms with Gasteiger partial charge in [-0.15, -0.1) is 0 Å². The first-order valence-corrected chi connectivity index (χ1v) is 7.44. The van der Waals surface area contributed by atoms with Gasteiger partial charge < -0.3 is 15.5 Å². The van der Waals surface area contributed by atoms with Crippen LogP contribution in [0.4, 0.5) is 5.69 Å². The smallest absolute Gasteiger partial charge is 0.237 e. The molecule has 1 saturated heterocycles. The summed E-state index contributed by atoms with van der Waals surface area (Å²) in [7, 11) is 2.04. The van der Waals surface area contributed by atoms with Crippen LogP contribution in [0.15, 0.2) is 30.3 Å². The van der Waals surface area contributed by atoms with Gasteiger partial charge in [-0.05, 0) is 37.4 Å². The number of benzene rings is 1. The largest absolute Gasteiger partial charge is 0.373 e. The van der Waals surface area contributed by atoms with Crippen molar-refractivity contribution < 1.29 is 4.79 Å². The highest BCUT2D eigenvalue weighted by Crippen LogP contribution is 2.15. The molecule has 2 N–H and O–H groups in total. The molecule has 4 nitrogen and oxygen atoms in total. The van der Waals surface area contributed by atoms with Crippen LogP contribution in [-0.4, -0.2) is 38.6 Å². The lowest BCUT2D eigenvalue weighted by atomic mass is 9.94. The molecule has 0 radical (unpaired) electrons. The van der Waals surface area contributed by atoms with Crippen molar-refractivity contribution in [3.8, 4) is 0 Å². The molecule has 1 aliphatic rings. The maximum atomic E-state index is 12.1. The molecule has 1 heterocycles. The predicted octanol–water partition coefficient (Wildman–Crippen LogP) is 1.63. The summed E-state index contributed by atoms with van der Waals surface area (Å²) >= 11 is 0. The number of rotatable bonds is 5. The van der Waals surface area contributed by atoms with Crippen molar-refractivity contribution in [2.24, 2.45) is 5.92 Å². The van der Waals surface area contributed by atoms with Crippen molar-refractivity contribution in [2.75, 3.05) is 31.6 Å². The molecule has 1 aromatic rings. The van der Waals surface area contributed by atoms with Crippen molar-refractivity contribution >= 4 is 11.6 Å². The van der Waals surface area contributed by atoms with E-state index >= 15 is 0 Å². The van der Waals surface area contributed by atoms with Crippen molar-refractivity contribution in [3.05, 3.63) is 30.3 Å². The van der Waals surface area contributed by atoms with E-state index in [0.29, 0.717) is 12.5 Å². The van der Waals surface area contributed by atoms with Gasteiger partial charge in [-0.25, -0.2) is 0 Å². The van der Waals surface area contributed by atoms with E-state index in [2.05, 4.69) is 34.6 Å². The van der Waals surface area contributed by atoms with Crippen LogP contribution in [0.2, 0.25) is 0 Å². The van der Waals surface area contributed by atoms with Gasteiger partial charge in [-0.3, -0.25) is 4.79 Å². The molecule has 1 aliphatic heterocycles. The Morgan fingerprint density at radius 2 is 2.15 bits per heavy atom. The maximum absolute atomic E-state index is 12.1. The van der Waals surface area contributed by atoms with Gasteiger partial charge in [0.25, 0.3) is 0 Å². The summed E-state index contributed by atoms with van der Waals surface area (Å²) in [6.07, 6.45) is 2.11. The number of carbonyl (C=O) groups excluding carboxylic acids is 1. The van der Waals surface area contributed by atoms with Crippen LogP contribution in [0.1, 0.15) is 19.8 Å². The zero-order valence-electron chi connectivity index (χ0n) is 12.4. The highest BCUT2D eigenvalue weighted by atomic mass is 16.2. The molecule has 2 unspecified atom stereocenters. The van der Waals surface area contributed by atoms with E-state index in [0.717, 1.165) is 19.5 Å². The summed E-state index contributed by atoms with van der Waals surface area (Å²) in [5.74, 6) is 0.775. The monoisotopic (exact) mass is 275 g/mol. The van der Waals surface area contributed by atoms with Gasteiger partial charge in [0.15, 0.2) is 0 Å². The molecule has 2 rings (SSSR count). The number of carbonyl (C=O) groups is 1. The summed E-state index contributed by atoms with van der Waals surface area (Å²) < 4.78 is 0. The predicted molar refractivity (Wildman–Crippen MR) is 82.9 cm³/mol. The van der Waals surface area contributed by atoms with Crippen molar-refractivity contribution in [1.82, 2.24) is 10.6 Å². The number of likely N-dealkylation sites (N-methyl/N-ethyl adjacent to an activating group) is 1. The molecule has 20 heavy (non-hydrogen) atoms. The van der Waals surface area contributed by atoms with Crippen LogP contribution in [0.3, 0.4) is 0 Å². The van der Waals surface area contributed by atoms with Crippen molar-refractivity contribution in [2.45, 2.75) is 25.8 Å². The van der Waals surface area contributed by atoms with E-state index in [9.17, 15) is 4.79 Å². The Balaban J connectivity index is 1.71. The molecular weight excluding hydrogens is 250 g/mol. The van der Waals surface area contributed by atoms with Crippen LogP contribution in [0.5, 0.6) is 0 Å². The first-order valence-electron chi connectivity index (χ1n) is 7.44. The highest BCUT2D eigenvalue weighted by Gasteiger charge is 2.23. The third-order valence-corrected chi connectivity index (χ3v) is 3.93. The molecule has 1 fully saturated rings. The van der Waals surface area contributed by atoms with Gasteiger partial charge in [0.05, 0.1) is 6.04 Å². The zero-order chi connectivity index (χ0) is 14.4. The summed E-state index contributed by atoms with van der Waals surface area (Å²) in [5.41, 5.74) is 1.17. The second kappa shape index (κ2) is 7.29. The van der Waals surface area contributed by atoms with Gasteiger partial charge in [0.1, 0.15) is 0 Å². The van der Waals surface area contributed by atoms with Gasteiger partial charge >= 0.3 is 0 Å². The van der Waals surface area contributed by atoms with Crippen molar-refractivity contribution in [3.63, 3.8) is 0 Å². The minimum absolute atomic E-state index is 0.0132. The highest BCUT2D eigenvalue weighted by molar-refractivity contribution is 5.81.